The molecule has 2 N–H and O–H groups in total. The summed E-state index contributed by atoms with van der Waals surface area (Å²) in [5.41, 5.74) is 15.1. The first kappa shape index (κ1) is 25.8. The summed E-state index contributed by atoms with van der Waals surface area (Å²) in [7, 11) is 0. The third kappa shape index (κ3) is 5.91. The fourth-order valence-electron chi connectivity index (χ4n) is 2.80. The molecule has 0 aliphatic carbocycles. The number of carbonyl (C=O) groups excluding carboxylic acids is 3. The quantitative estimate of drug-likeness (QED) is 0.139. The van der Waals surface area contributed by atoms with Crippen molar-refractivity contribution in [2.45, 2.75) is 38.6 Å². The topological polar surface area (TPSA) is 148 Å². The molecule has 0 spiro atoms. The van der Waals surface area contributed by atoms with E-state index in [0.717, 1.165) is 0 Å². The predicted octanol–water partition coefficient (Wildman–Crippen LogP) is 2.29. The van der Waals surface area contributed by atoms with E-state index in [2.05, 4.69) is 10.0 Å². The molecule has 2 atom stereocenters. The van der Waals surface area contributed by atoms with Gasteiger partial charge in [-0.05, 0) is 23.4 Å². The van der Waals surface area contributed by atoms with Crippen molar-refractivity contribution in [3.8, 4) is 0 Å². The monoisotopic (exact) mass is 459 g/mol. The van der Waals surface area contributed by atoms with Crippen molar-refractivity contribution in [2.75, 3.05) is 25.5 Å². The van der Waals surface area contributed by atoms with Crippen molar-refractivity contribution >= 4 is 42.0 Å². The van der Waals surface area contributed by atoms with E-state index in [1.807, 2.05) is 20.8 Å². The van der Waals surface area contributed by atoms with E-state index in [1.54, 1.807) is 6.08 Å². The molecule has 0 bridgehead atoms. The third-order valence-electron chi connectivity index (χ3n) is 4.23. The number of nitrogens with zero attached hydrogens (tertiary/aromatic N) is 4. The van der Waals surface area contributed by atoms with Gasteiger partial charge in [-0.3, -0.25) is 9.69 Å². The summed E-state index contributed by atoms with van der Waals surface area (Å²) in [4.78, 5) is 41.2. The summed E-state index contributed by atoms with van der Waals surface area (Å²) in [5, 5.41) is 3.14. The summed E-state index contributed by atoms with van der Waals surface area (Å²) in [6.07, 6.45) is 2.20. The second kappa shape index (κ2) is 11.8. The Morgan fingerprint density at radius 3 is 2.73 bits per heavy atom. The van der Waals surface area contributed by atoms with Gasteiger partial charge >= 0.3 is 11.9 Å². The zero-order valence-corrected chi connectivity index (χ0v) is 18.7. The highest BCUT2D eigenvalue weighted by Gasteiger charge is 2.51. The van der Waals surface area contributed by atoms with Crippen LogP contribution in [0.3, 0.4) is 0 Å². The number of thioether (sulfide) groups is 1. The van der Waals surface area contributed by atoms with Crippen molar-refractivity contribution in [3.63, 3.8) is 0 Å². The molecule has 2 aliphatic heterocycles. The Kier molecular flexibility index (Phi) is 10.2. The Balaban J connectivity index is 0.00000450. The Bertz CT molecular complexity index is 794. The molecule has 2 aliphatic rings. The van der Waals surface area contributed by atoms with E-state index in [4.69, 9.17) is 20.7 Å². The first-order valence-corrected chi connectivity index (χ1v) is 10.3. The van der Waals surface area contributed by atoms with Gasteiger partial charge in [0.2, 0.25) is 5.91 Å². The minimum Gasteiger partial charge on any atom is -0.462 e. The van der Waals surface area contributed by atoms with Gasteiger partial charge in [0.25, 0.3) is 0 Å². The van der Waals surface area contributed by atoms with Gasteiger partial charge in [0.05, 0.1) is 18.7 Å². The molecule has 1 amide bonds. The van der Waals surface area contributed by atoms with E-state index in [1.165, 1.54) is 16.7 Å². The van der Waals surface area contributed by atoms with Gasteiger partial charge in [-0.1, -0.05) is 32.0 Å². The lowest BCUT2D eigenvalue weighted by Gasteiger charge is -2.48. The van der Waals surface area contributed by atoms with Crippen LogP contribution in [-0.4, -0.2) is 59.7 Å². The fourth-order valence-corrected chi connectivity index (χ4v) is 4.08. The Morgan fingerprint density at radius 1 is 1.43 bits per heavy atom. The SMILES string of the molecule is CC/C=C(\COC(=O)C1=C(CN=[N+]=[N-])CS[C@@H]2[C@H](N)C(=O)N12)C(=O)OCC(C)C.Cl. The van der Waals surface area contributed by atoms with E-state index in [0.29, 0.717) is 17.7 Å². The van der Waals surface area contributed by atoms with Crippen LogP contribution < -0.4 is 5.73 Å². The van der Waals surface area contributed by atoms with Gasteiger partial charge in [-0.25, -0.2) is 9.59 Å². The van der Waals surface area contributed by atoms with Crippen LogP contribution >= 0.6 is 24.2 Å². The lowest BCUT2D eigenvalue weighted by Crippen LogP contribution is -2.68. The highest BCUT2D eigenvalue weighted by Crippen LogP contribution is 2.39. The standard InChI is InChI=1S/C18H25N5O5S.ClH/c1-4-5-11(17(25)27-7-10(2)3)8-28-18(26)14-12(6-21-22-20)9-29-16-13(19)15(24)23(14)16;/h5,10,13,16H,4,6-9,19H2,1-3H3;1H/b11-5+;/t13-,16-;/m1./s1. The summed E-state index contributed by atoms with van der Waals surface area (Å²) < 4.78 is 10.5. The minimum atomic E-state index is -0.766. The molecule has 10 nitrogen and oxygen atoms in total. The number of ether oxygens (including phenoxy) is 2. The Morgan fingerprint density at radius 2 is 2.13 bits per heavy atom. The summed E-state index contributed by atoms with van der Waals surface area (Å²) in [6, 6.07) is -0.689. The number of hydrogen-bond acceptors (Lipinski definition) is 8. The molecule has 1 saturated heterocycles. The number of amides is 1. The number of esters is 2. The van der Waals surface area contributed by atoms with Gasteiger partial charge < -0.3 is 15.2 Å². The number of carbonyl (C=O) groups is 3. The molecule has 0 aromatic rings. The number of allylic oxidation sites excluding steroid dienone is 1. The molecule has 2 heterocycles. The van der Waals surface area contributed by atoms with Gasteiger partial charge in [-0.2, -0.15) is 0 Å². The van der Waals surface area contributed by atoms with Gasteiger partial charge in [-0.15, -0.1) is 24.2 Å². The van der Waals surface area contributed by atoms with E-state index in [9.17, 15) is 14.4 Å². The molecule has 30 heavy (non-hydrogen) atoms. The maximum absolute atomic E-state index is 12.8. The van der Waals surface area contributed by atoms with E-state index in [-0.39, 0.29) is 54.7 Å². The Labute approximate surface area is 185 Å². The molecule has 12 heteroatoms. The van der Waals surface area contributed by atoms with Crippen LogP contribution in [0.5, 0.6) is 0 Å². The second-order valence-electron chi connectivity index (χ2n) is 6.98. The van der Waals surface area contributed by atoms with Crippen molar-refractivity contribution < 1.29 is 23.9 Å². The van der Waals surface area contributed by atoms with Crippen molar-refractivity contribution in [3.05, 3.63) is 33.4 Å². The van der Waals surface area contributed by atoms with Crippen LogP contribution in [0.2, 0.25) is 0 Å². The molecule has 0 aromatic heterocycles. The smallest absolute Gasteiger partial charge is 0.355 e. The number of β-lactam (4-membered cyclic amide) rings is 1. The first-order chi connectivity index (χ1) is 13.8. The molecule has 0 saturated carbocycles. The first-order valence-electron chi connectivity index (χ1n) is 9.28. The summed E-state index contributed by atoms with van der Waals surface area (Å²) in [5.74, 6) is -1.14. The van der Waals surface area contributed by atoms with Crippen LogP contribution in [0, 0.1) is 5.92 Å². The predicted molar refractivity (Wildman–Crippen MR) is 114 cm³/mol. The van der Waals surface area contributed by atoms with Crippen molar-refractivity contribution in [1.82, 2.24) is 4.90 Å². The molecule has 2 rings (SSSR count). The van der Waals surface area contributed by atoms with E-state index >= 15 is 0 Å². The maximum atomic E-state index is 12.8. The number of rotatable bonds is 9. The second-order valence-corrected chi connectivity index (χ2v) is 8.09. The van der Waals surface area contributed by atoms with Crippen LogP contribution in [0.1, 0.15) is 27.2 Å². The average Bonchev–Trinajstić information content (AvgIpc) is 2.71. The Hall–Kier alpha value is -2.20. The zero-order chi connectivity index (χ0) is 21.6. The highest BCUT2D eigenvalue weighted by atomic mass is 35.5. The van der Waals surface area contributed by atoms with Crippen molar-refractivity contribution in [2.24, 2.45) is 16.8 Å². The number of halogens is 1. The van der Waals surface area contributed by atoms with Crippen LogP contribution in [0.25, 0.3) is 10.4 Å². The fraction of sp³-hybridized carbons (Fsp3) is 0.611. The van der Waals surface area contributed by atoms with Crippen LogP contribution in [0.4, 0.5) is 0 Å². The summed E-state index contributed by atoms with van der Waals surface area (Å²) in [6.45, 7) is 5.60. The average molecular weight is 460 g/mol. The number of fused-ring (bicyclic) bond motifs is 1. The number of azide groups is 1. The molecule has 166 valence electrons. The van der Waals surface area contributed by atoms with E-state index < -0.39 is 23.9 Å². The summed E-state index contributed by atoms with van der Waals surface area (Å²) >= 11 is 1.40. The van der Waals surface area contributed by atoms with Gasteiger partial charge in [0, 0.05) is 10.7 Å². The van der Waals surface area contributed by atoms with Crippen LogP contribution in [0.15, 0.2) is 28.0 Å². The lowest BCUT2D eigenvalue weighted by molar-refractivity contribution is -0.151. The van der Waals surface area contributed by atoms with Crippen molar-refractivity contribution in [1.29, 1.82) is 0 Å². The van der Waals surface area contributed by atoms with Crippen LogP contribution in [-0.2, 0) is 23.9 Å². The van der Waals surface area contributed by atoms with Gasteiger partial charge in [0.15, 0.2) is 0 Å². The molecular weight excluding hydrogens is 434 g/mol. The highest BCUT2D eigenvalue weighted by molar-refractivity contribution is 8.00. The molecule has 1 fully saturated rings. The molecule has 0 radical (unpaired) electrons. The molecule has 0 unspecified atom stereocenters. The molecular formula is C18H26ClN5O5S. The maximum Gasteiger partial charge on any atom is 0.355 e. The zero-order valence-electron chi connectivity index (χ0n) is 17.1. The third-order valence-corrected chi connectivity index (χ3v) is 5.59. The number of hydrogen-bond donors (Lipinski definition) is 1. The minimum absolute atomic E-state index is 0. The number of nitrogens with two attached hydrogens (primary N) is 1. The normalized spacial score (nSPS) is 20.6. The lowest BCUT2D eigenvalue weighted by atomic mass is 10.0. The largest absolute Gasteiger partial charge is 0.462 e. The van der Waals surface area contributed by atoms with Gasteiger partial charge in [0.1, 0.15) is 23.7 Å². The molecule has 0 aromatic carbocycles.